The highest BCUT2D eigenvalue weighted by atomic mass is 19.1. The zero-order valence-corrected chi connectivity index (χ0v) is 19.4. The van der Waals surface area contributed by atoms with Gasteiger partial charge in [0.1, 0.15) is 18.5 Å². The van der Waals surface area contributed by atoms with Gasteiger partial charge < -0.3 is 4.74 Å². The molecule has 0 aliphatic heterocycles. The second-order valence-electron chi connectivity index (χ2n) is 8.38. The lowest BCUT2D eigenvalue weighted by molar-refractivity contribution is 0.186. The van der Waals surface area contributed by atoms with Crippen molar-refractivity contribution in [2.24, 2.45) is 0 Å². The fourth-order valence-corrected chi connectivity index (χ4v) is 3.71. The lowest BCUT2D eigenvalue weighted by Gasteiger charge is -2.10. The van der Waals surface area contributed by atoms with Crippen LogP contribution in [0.5, 0.6) is 5.75 Å². The number of unbranched alkanes of at least 4 members (excludes halogenated alkanes) is 4. The first-order chi connectivity index (χ1) is 15.7. The molecule has 2 aromatic carbocycles. The van der Waals surface area contributed by atoms with Gasteiger partial charge in [-0.1, -0.05) is 82.3 Å². The minimum Gasteiger partial charge on any atom is -0.491 e. The van der Waals surface area contributed by atoms with E-state index in [1.165, 1.54) is 37.7 Å². The van der Waals surface area contributed by atoms with Gasteiger partial charge in [0.05, 0.1) is 0 Å². The van der Waals surface area contributed by atoms with Crippen molar-refractivity contribution in [2.75, 3.05) is 6.61 Å². The average Bonchev–Trinajstić information content (AvgIpc) is 2.84. The van der Waals surface area contributed by atoms with Crippen LogP contribution in [0.15, 0.2) is 60.9 Å². The van der Waals surface area contributed by atoms with Crippen LogP contribution in [0.1, 0.15) is 64.4 Å². The Morgan fingerprint density at radius 1 is 0.750 bits per heavy atom. The Bertz CT molecular complexity index is 908. The van der Waals surface area contributed by atoms with Crippen LogP contribution < -0.4 is 4.74 Å². The molecule has 1 heterocycles. The molecule has 0 radical (unpaired) electrons. The van der Waals surface area contributed by atoms with Gasteiger partial charge in [0, 0.05) is 23.5 Å². The number of rotatable bonds is 13. The van der Waals surface area contributed by atoms with E-state index in [2.05, 4.69) is 41.2 Å². The van der Waals surface area contributed by atoms with Gasteiger partial charge in [0.25, 0.3) is 0 Å². The molecule has 0 bridgehead atoms. The topological polar surface area (TPSA) is 35.0 Å². The molecular weight excluding hydrogens is 399 g/mol. The number of benzene rings is 2. The van der Waals surface area contributed by atoms with E-state index in [1.807, 2.05) is 43.6 Å². The van der Waals surface area contributed by atoms with E-state index in [9.17, 15) is 4.39 Å². The van der Waals surface area contributed by atoms with Crippen molar-refractivity contribution >= 4 is 0 Å². The van der Waals surface area contributed by atoms with E-state index in [-0.39, 0.29) is 6.61 Å². The summed E-state index contributed by atoms with van der Waals surface area (Å²) in [6, 6.07) is 16.2. The van der Waals surface area contributed by atoms with Crippen molar-refractivity contribution in [3.8, 4) is 28.3 Å². The van der Waals surface area contributed by atoms with Crippen molar-refractivity contribution in [2.45, 2.75) is 71.4 Å². The van der Waals surface area contributed by atoms with Gasteiger partial charge in [-0.05, 0) is 42.5 Å². The van der Waals surface area contributed by atoms with Crippen LogP contribution in [0, 0.1) is 0 Å². The molecule has 3 rings (SSSR count). The highest BCUT2D eigenvalue weighted by Gasteiger charge is 2.07. The van der Waals surface area contributed by atoms with Gasteiger partial charge in [0.2, 0.25) is 0 Å². The van der Waals surface area contributed by atoms with E-state index < -0.39 is 6.17 Å². The standard InChI is InChI=1S/C28H35FN2O/c1-3-5-6-7-8-10-22-11-13-24(14-12-22)28-30-19-25(20-31-28)23-15-17-27(18-16-23)32-21-26(29)9-4-2/h11-20,26H,3-10,21H2,1-2H3. The summed E-state index contributed by atoms with van der Waals surface area (Å²) in [7, 11) is 0. The van der Waals surface area contributed by atoms with Crippen molar-refractivity contribution in [3.63, 3.8) is 0 Å². The van der Waals surface area contributed by atoms with Crippen LogP contribution in [0.4, 0.5) is 4.39 Å². The minimum absolute atomic E-state index is 0.0998. The molecule has 4 heteroatoms. The summed E-state index contributed by atoms with van der Waals surface area (Å²) in [5, 5.41) is 0. The van der Waals surface area contributed by atoms with Crippen molar-refractivity contribution in [1.29, 1.82) is 0 Å². The highest BCUT2D eigenvalue weighted by molar-refractivity contribution is 5.64. The molecule has 0 aliphatic carbocycles. The van der Waals surface area contributed by atoms with Crippen molar-refractivity contribution in [3.05, 3.63) is 66.5 Å². The summed E-state index contributed by atoms with van der Waals surface area (Å²) >= 11 is 0. The lowest BCUT2D eigenvalue weighted by atomic mass is 10.0. The fourth-order valence-electron chi connectivity index (χ4n) is 3.71. The molecule has 1 atom stereocenters. The lowest BCUT2D eigenvalue weighted by Crippen LogP contribution is -2.12. The van der Waals surface area contributed by atoms with E-state index >= 15 is 0 Å². The Balaban J connectivity index is 1.54. The zero-order valence-electron chi connectivity index (χ0n) is 19.4. The number of aryl methyl sites for hydroxylation is 1. The van der Waals surface area contributed by atoms with Crippen LogP contribution in [0.25, 0.3) is 22.5 Å². The number of nitrogens with zero attached hydrogens (tertiary/aromatic N) is 2. The summed E-state index contributed by atoms with van der Waals surface area (Å²) in [5.74, 6) is 1.41. The fraction of sp³-hybridized carbons (Fsp3) is 0.429. The summed E-state index contributed by atoms with van der Waals surface area (Å²) in [4.78, 5) is 9.12. The zero-order chi connectivity index (χ0) is 22.6. The molecule has 0 fully saturated rings. The summed E-state index contributed by atoms with van der Waals surface area (Å²) in [6.07, 6.45) is 11.8. The molecule has 1 aromatic heterocycles. The van der Waals surface area contributed by atoms with Gasteiger partial charge in [-0.15, -0.1) is 0 Å². The van der Waals surface area contributed by atoms with Gasteiger partial charge in [-0.2, -0.15) is 0 Å². The number of hydrogen-bond acceptors (Lipinski definition) is 3. The molecular formula is C28H35FN2O. The van der Waals surface area contributed by atoms with Crippen LogP contribution >= 0.6 is 0 Å². The molecule has 0 N–H and O–H groups in total. The number of hydrogen-bond donors (Lipinski definition) is 0. The first kappa shape index (κ1) is 23.9. The van der Waals surface area contributed by atoms with Crippen LogP contribution in [-0.2, 0) is 6.42 Å². The third kappa shape index (κ3) is 7.44. The predicted molar refractivity (Wildman–Crippen MR) is 131 cm³/mol. The molecule has 0 saturated heterocycles. The van der Waals surface area contributed by atoms with Crippen LogP contribution in [-0.4, -0.2) is 22.7 Å². The van der Waals surface area contributed by atoms with E-state index in [0.717, 1.165) is 35.4 Å². The first-order valence-corrected chi connectivity index (χ1v) is 12.0. The summed E-state index contributed by atoms with van der Waals surface area (Å²) < 4.78 is 19.1. The molecule has 1 unspecified atom stereocenters. The quantitative estimate of drug-likeness (QED) is 0.257. The first-order valence-electron chi connectivity index (χ1n) is 12.0. The SMILES string of the molecule is CCCCCCCc1ccc(-c2ncc(-c3ccc(OCC(F)CCC)cc3)cn2)cc1. The number of aromatic nitrogens is 2. The van der Waals surface area contributed by atoms with Crippen molar-refractivity contribution < 1.29 is 9.13 Å². The number of ether oxygens (including phenoxy) is 1. The van der Waals surface area contributed by atoms with E-state index in [1.54, 1.807) is 0 Å². The second kappa shape index (κ2) is 12.9. The predicted octanol–water partition coefficient (Wildman–Crippen LogP) is 7.84. The Morgan fingerprint density at radius 3 is 2.06 bits per heavy atom. The van der Waals surface area contributed by atoms with Gasteiger partial charge in [-0.3, -0.25) is 0 Å². The van der Waals surface area contributed by atoms with Gasteiger partial charge in [0.15, 0.2) is 5.82 Å². The molecule has 170 valence electrons. The smallest absolute Gasteiger partial charge is 0.159 e. The Hall–Kier alpha value is -2.75. The molecule has 32 heavy (non-hydrogen) atoms. The van der Waals surface area contributed by atoms with E-state index in [0.29, 0.717) is 12.2 Å². The highest BCUT2D eigenvalue weighted by Crippen LogP contribution is 2.24. The molecule has 3 nitrogen and oxygen atoms in total. The van der Waals surface area contributed by atoms with Crippen LogP contribution in [0.3, 0.4) is 0 Å². The third-order valence-electron chi connectivity index (χ3n) is 5.65. The molecule has 3 aromatic rings. The van der Waals surface area contributed by atoms with Gasteiger partial charge >= 0.3 is 0 Å². The number of alkyl halides is 1. The third-order valence-corrected chi connectivity index (χ3v) is 5.65. The molecule has 0 aliphatic rings. The minimum atomic E-state index is -0.916. The normalized spacial score (nSPS) is 12.0. The van der Waals surface area contributed by atoms with Crippen LogP contribution in [0.2, 0.25) is 0 Å². The summed E-state index contributed by atoms with van der Waals surface area (Å²) in [5.41, 5.74) is 4.35. The number of halogens is 1. The average molecular weight is 435 g/mol. The largest absolute Gasteiger partial charge is 0.491 e. The molecule has 0 amide bonds. The maximum Gasteiger partial charge on any atom is 0.159 e. The monoisotopic (exact) mass is 434 g/mol. The second-order valence-corrected chi connectivity index (χ2v) is 8.38. The summed E-state index contributed by atoms with van der Waals surface area (Å²) in [6.45, 7) is 4.32. The van der Waals surface area contributed by atoms with Crippen molar-refractivity contribution in [1.82, 2.24) is 9.97 Å². The van der Waals surface area contributed by atoms with Gasteiger partial charge in [-0.25, -0.2) is 14.4 Å². The Kier molecular flexibility index (Phi) is 9.67. The van der Waals surface area contributed by atoms with E-state index in [4.69, 9.17) is 4.74 Å². The molecule has 0 saturated carbocycles. The Labute approximate surface area is 192 Å². The maximum atomic E-state index is 13.6. The Morgan fingerprint density at radius 2 is 1.41 bits per heavy atom. The molecule has 0 spiro atoms. The maximum absolute atomic E-state index is 13.6.